The molecule has 0 amide bonds. The first kappa shape index (κ1) is 11.5. The normalized spacial score (nSPS) is 10.2. The van der Waals surface area contributed by atoms with Gasteiger partial charge in [0.15, 0.2) is 0 Å². The van der Waals surface area contributed by atoms with Gasteiger partial charge >= 0.3 is 0 Å². The van der Waals surface area contributed by atoms with Crippen molar-refractivity contribution in [1.29, 1.82) is 0 Å². The van der Waals surface area contributed by atoms with Gasteiger partial charge in [0, 0.05) is 37.8 Å². The number of aromatic nitrogens is 3. The van der Waals surface area contributed by atoms with Crippen LogP contribution in [0.25, 0.3) is 0 Å². The van der Waals surface area contributed by atoms with Crippen LogP contribution in [0.3, 0.4) is 0 Å². The average molecular weight is 228 g/mol. The number of aryl methyl sites for hydroxylation is 1. The molecule has 2 heterocycles. The number of nitrogens with one attached hydrogen (secondary N) is 1. The third kappa shape index (κ3) is 3.00. The highest BCUT2D eigenvalue weighted by molar-refractivity contribution is 5.36. The summed E-state index contributed by atoms with van der Waals surface area (Å²) >= 11 is 0. The van der Waals surface area contributed by atoms with Crippen molar-refractivity contribution < 1.29 is 0 Å². The van der Waals surface area contributed by atoms with Crippen LogP contribution in [0, 0.1) is 0 Å². The van der Waals surface area contributed by atoms with Crippen LogP contribution in [-0.2, 0) is 12.8 Å². The molecule has 0 unspecified atom stereocenters. The standard InChI is InChI=1S/C13H16N4/c1-3-12-16-11(9-13(14-2)17-12)8-10-6-4-5-7-15-10/h4-7,9H,3,8H2,1-2H3,(H,14,16,17). The lowest BCUT2D eigenvalue weighted by atomic mass is 10.2. The fourth-order valence-corrected chi connectivity index (χ4v) is 1.62. The summed E-state index contributed by atoms with van der Waals surface area (Å²) in [7, 11) is 1.87. The second-order valence-electron chi connectivity index (χ2n) is 3.76. The summed E-state index contributed by atoms with van der Waals surface area (Å²) in [6.07, 6.45) is 3.38. The van der Waals surface area contributed by atoms with Crippen molar-refractivity contribution in [3.05, 3.63) is 47.7 Å². The van der Waals surface area contributed by atoms with Crippen LogP contribution >= 0.6 is 0 Å². The zero-order chi connectivity index (χ0) is 12.1. The predicted molar refractivity (Wildman–Crippen MR) is 68.0 cm³/mol. The van der Waals surface area contributed by atoms with E-state index in [1.165, 1.54) is 0 Å². The minimum absolute atomic E-state index is 0.741. The van der Waals surface area contributed by atoms with Gasteiger partial charge in [-0.25, -0.2) is 9.97 Å². The molecule has 0 bridgehead atoms. The first-order chi connectivity index (χ1) is 8.31. The highest BCUT2D eigenvalue weighted by Gasteiger charge is 2.04. The van der Waals surface area contributed by atoms with Gasteiger partial charge < -0.3 is 5.32 Å². The van der Waals surface area contributed by atoms with Crippen LogP contribution in [0.2, 0.25) is 0 Å². The van der Waals surface area contributed by atoms with Gasteiger partial charge in [-0.1, -0.05) is 13.0 Å². The molecule has 0 spiro atoms. The summed E-state index contributed by atoms with van der Waals surface area (Å²) in [4.78, 5) is 13.2. The second kappa shape index (κ2) is 5.39. The molecule has 4 nitrogen and oxygen atoms in total. The van der Waals surface area contributed by atoms with Crippen molar-refractivity contribution in [2.75, 3.05) is 12.4 Å². The molecule has 4 heteroatoms. The maximum atomic E-state index is 4.50. The Morgan fingerprint density at radius 1 is 1.18 bits per heavy atom. The number of anilines is 1. The SMILES string of the molecule is CCc1nc(Cc2ccccn2)cc(NC)n1. The van der Waals surface area contributed by atoms with Crippen LogP contribution in [0.15, 0.2) is 30.5 Å². The molecule has 0 radical (unpaired) electrons. The van der Waals surface area contributed by atoms with E-state index in [1.807, 2.05) is 31.3 Å². The van der Waals surface area contributed by atoms with Crippen molar-refractivity contribution in [3.63, 3.8) is 0 Å². The Balaban J connectivity index is 2.26. The highest BCUT2D eigenvalue weighted by Crippen LogP contribution is 2.10. The van der Waals surface area contributed by atoms with Gasteiger partial charge in [-0.05, 0) is 12.1 Å². The maximum absolute atomic E-state index is 4.50. The molecule has 0 aliphatic heterocycles. The molecule has 88 valence electrons. The summed E-state index contributed by atoms with van der Waals surface area (Å²) in [5.74, 6) is 1.73. The van der Waals surface area contributed by atoms with E-state index in [4.69, 9.17) is 0 Å². The molecular formula is C13H16N4. The molecule has 0 atom stereocenters. The van der Waals surface area contributed by atoms with Gasteiger partial charge in [-0.2, -0.15) is 0 Å². The quantitative estimate of drug-likeness (QED) is 0.870. The van der Waals surface area contributed by atoms with Gasteiger partial charge in [0.05, 0.1) is 5.69 Å². The predicted octanol–water partition coefficient (Wildman–Crippen LogP) is 2.07. The fourth-order valence-electron chi connectivity index (χ4n) is 1.62. The molecule has 2 aromatic rings. The first-order valence-electron chi connectivity index (χ1n) is 5.76. The Kier molecular flexibility index (Phi) is 3.65. The Morgan fingerprint density at radius 2 is 2.06 bits per heavy atom. The third-order valence-corrected chi connectivity index (χ3v) is 2.49. The van der Waals surface area contributed by atoms with Crippen LogP contribution in [0.1, 0.15) is 24.1 Å². The van der Waals surface area contributed by atoms with Crippen molar-refractivity contribution >= 4 is 5.82 Å². The summed E-state index contributed by atoms with van der Waals surface area (Å²) in [6.45, 7) is 2.05. The molecule has 0 aliphatic carbocycles. The lowest BCUT2D eigenvalue weighted by molar-refractivity contribution is 0.890. The van der Waals surface area contributed by atoms with E-state index in [1.54, 1.807) is 6.20 Å². The second-order valence-corrected chi connectivity index (χ2v) is 3.76. The summed E-state index contributed by atoms with van der Waals surface area (Å²) in [6, 6.07) is 7.88. The number of nitrogens with zero attached hydrogens (tertiary/aromatic N) is 3. The number of rotatable bonds is 4. The van der Waals surface area contributed by atoms with E-state index in [0.717, 1.165) is 35.9 Å². The van der Waals surface area contributed by atoms with Crippen LogP contribution in [0.5, 0.6) is 0 Å². The molecule has 1 N–H and O–H groups in total. The molecule has 0 fully saturated rings. The molecular weight excluding hydrogens is 212 g/mol. The maximum Gasteiger partial charge on any atom is 0.130 e. The van der Waals surface area contributed by atoms with E-state index in [0.29, 0.717) is 0 Å². The molecule has 0 aliphatic rings. The van der Waals surface area contributed by atoms with Crippen molar-refractivity contribution in [2.45, 2.75) is 19.8 Å². The van der Waals surface area contributed by atoms with Gasteiger partial charge in [-0.15, -0.1) is 0 Å². The van der Waals surface area contributed by atoms with Gasteiger partial charge in [0.2, 0.25) is 0 Å². The lowest BCUT2D eigenvalue weighted by Gasteiger charge is -2.06. The van der Waals surface area contributed by atoms with Crippen LogP contribution in [-0.4, -0.2) is 22.0 Å². The third-order valence-electron chi connectivity index (χ3n) is 2.49. The number of hydrogen-bond acceptors (Lipinski definition) is 4. The smallest absolute Gasteiger partial charge is 0.130 e. The van der Waals surface area contributed by atoms with E-state index in [-0.39, 0.29) is 0 Å². The van der Waals surface area contributed by atoms with Gasteiger partial charge in [-0.3, -0.25) is 4.98 Å². The van der Waals surface area contributed by atoms with Crippen molar-refractivity contribution in [1.82, 2.24) is 15.0 Å². The molecule has 0 saturated carbocycles. The lowest BCUT2D eigenvalue weighted by Crippen LogP contribution is -2.04. The van der Waals surface area contributed by atoms with Gasteiger partial charge in [0.1, 0.15) is 11.6 Å². The summed E-state index contributed by atoms with van der Waals surface area (Å²) in [5, 5.41) is 3.06. The van der Waals surface area contributed by atoms with Crippen LogP contribution in [0.4, 0.5) is 5.82 Å². The number of pyridine rings is 1. The minimum atomic E-state index is 0.741. The summed E-state index contributed by atoms with van der Waals surface area (Å²) < 4.78 is 0. The summed E-state index contributed by atoms with van der Waals surface area (Å²) in [5.41, 5.74) is 2.02. The molecule has 0 saturated heterocycles. The molecule has 2 aromatic heterocycles. The Bertz CT molecular complexity index is 460. The van der Waals surface area contributed by atoms with Crippen molar-refractivity contribution in [2.24, 2.45) is 0 Å². The highest BCUT2D eigenvalue weighted by atomic mass is 15.0. The van der Waals surface area contributed by atoms with E-state index in [9.17, 15) is 0 Å². The number of hydrogen-bond donors (Lipinski definition) is 1. The Labute approximate surface area is 101 Å². The topological polar surface area (TPSA) is 50.7 Å². The Hall–Kier alpha value is -1.97. The van der Waals surface area contributed by atoms with Crippen molar-refractivity contribution in [3.8, 4) is 0 Å². The zero-order valence-corrected chi connectivity index (χ0v) is 10.1. The minimum Gasteiger partial charge on any atom is -0.373 e. The average Bonchev–Trinajstić information content (AvgIpc) is 2.39. The zero-order valence-electron chi connectivity index (χ0n) is 10.1. The first-order valence-corrected chi connectivity index (χ1v) is 5.76. The molecule has 2 rings (SSSR count). The fraction of sp³-hybridized carbons (Fsp3) is 0.308. The molecule has 17 heavy (non-hydrogen) atoms. The van der Waals surface area contributed by atoms with E-state index in [2.05, 4.69) is 27.2 Å². The molecule has 0 aromatic carbocycles. The Morgan fingerprint density at radius 3 is 2.71 bits per heavy atom. The largest absolute Gasteiger partial charge is 0.373 e. The van der Waals surface area contributed by atoms with Crippen LogP contribution < -0.4 is 5.32 Å². The van der Waals surface area contributed by atoms with E-state index >= 15 is 0 Å². The van der Waals surface area contributed by atoms with Gasteiger partial charge in [0.25, 0.3) is 0 Å². The monoisotopic (exact) mass is 228 g/mol. The van der Waals surface area contributed by atoms with E-state index < -0.39 is 0 Å².